The molecule has 150 valence electrons. The molecule has 1 saturated carbocycles. The Balaban J connectivity index is 1.48. The van der Waals surface area contributed by atoms with Crippen LogP contribution in [0, 0.1) is 13.8 Å². The minimum Gasteiger partial charge on any atom is -0.308 e. The molecule has 1 aliphatic carbocycles. The van der Waals surface area contributed by atoms with Gasteiger partial charge in [-0.3, -0.25) is 14.5 Å². The maximum atomic E-state index is 12.9. The lowest BCUT2D eigenvalue weighted by molar-refractivity contribution is 0.0549. The summed E-state index contributed by atoms with van der Waals surface area (Å²) in [5, 5.41) is 5.55. The number of amides is 4. The number of nitrogens with one attached hydrogen (secondary N) is 2. The zero-order chi connectivity index (χ0) is 20.5. The molecule has 0 aromatic heterocycles. The number of carbonyl (C=O) groups is 3. The second-order valence-electron chi connectivity index (χ2n) is 7.91. The number of urea groups is 1. The summed E-state index contributed by atoms with van der Waals surface area (Å²) in [4.78, 5) is 39.4. The van der Waals surface area contributed by atoms with Crippen molar-refractivity contribution < 1.29 is 14.4 Å². The predicted octanol–water partition coefficient (Wildman–Crippen LogP) is 4.88. The lowest BCUT2D eigenvalue weighted by Crippen LogP contribution is -2.40. The van der Waals surface area contributed by atoms with Gasteiger partial charge in [-0.25, -0.2) is 4.79 Å². The normalized spacial score (nSPS) is 16.7. The molecule has 1 fully saturated rings. The summed E-state index contributed by atoms with van der Waals surface area (Å²) in [6, 6.07) is 10.2. The summed E-state index contributed by atoms with van der Waals surface area (Å²) in [6.07, 6.45) is 4.99. The summed E-state index contributed by atoms with van der Waals surface area (Å²) < 4.78 is 0. The Hall–Kier alpha value is -3.15. The fraction of sp³-hybridized carbons (Fsp3) is 0.348. The van der Waals surface area contributed by atoms with E-state index in [0.717, 1.165) is 43.2 Å². The zero-order valence-corrected chi connectivity index (χ0v) is 16.7. The van der Waals surface area contributed by atoms with Crippen LogP contribution in [0.2, 0.25) is 0 Å². The Kier molecular flexibility index (Phi) is 5.09. The largest absolute Gasteiger partial charge is 0.323 e. The third-order valence-electron chi connectivity index (χ3n) is 5.88. The summed E-state index contributed by atoms with van der Waals surface area (Å²) in [6.45, 7) is 4.00. The molecule has 6 heteroatoms. The van der Waals surface area contributed by atoms with Gasteiger partial charge in [0.25, 0.3) is 11.8 Å². The summed E-state index contributed by atoms with van der Waals surface area (Å²) in [7, 11) is 0. The van der Waals surface area contributed by atoms with Crippen molar-refractivity contribution in [2.24, 2.45) is 0 Å². The summed E-state index contributed by atoms with van der Waals surface area (Å²) >= 11 is 0. The van der Waals surface area contributed by atoms with Crippen LogP contribution in [-0.2, 0) is 0 Å². The number of imide groups is 1. The Morgan fingerprint density at radius 2 is 1.45 bits per heavy atom. The van der Waals surface area contributed by atoms with E-state index in [1.165, 1.54) is 4.90 Å². The van der Waals surface area contributed by atoms with Gasteiger partial charge in [-0.15, -0.1) is 0 Å². The lowest BCUT2D eigenvalue weighted by Gasteiger charge is -2.29. The third kappa shape index (κ3) is 3.75. The van der Waals surface area contributed by atoms with E-state index in [0.29, 0.717) is 22.5 Å². The van der Waals surface area contributed by atoms with Gasteiger partial charge in [0.15, 0.2) is 0 Å². The molecule has 0 unspecified atom stereocenters. The van der Waals surface area contributed by atoms with Gasteiger partial charge in [-0.1, -0.05) is 25.3 Å². The molecule has 2 aromatic carbocycles. The van der Waals surface area contributed by atoms with Crippen LogP contribution in [0.15, 0.2) is 36.4 Å². The molecule has 2 aromatic rings. The molecule has 2 aliphatic rings. The highest BCUT2D eigenvalue weighted by molar-refractivity contribution is 6.22. The fourth-order valence-corrected chi connectivity index (χ4v) is 4.12. The van der Waals surface area contributed by atoms with Crippen LogP contribution in [-0.4, -0.2) is 28.8 Å². The smallest absolute Gasteiger partial charge is 0.308 e. The monoisotopic (exact) mass is 391 g/mol. The summed E-state index contributed by atoms with van der Waals surface area (Å²) in [5.41, 5.74) is 4.20. The molecule has 4 rings (SSSR count). The van der Waals surface area contributed by atoms with Crippen molar-refractivity contribution in [3.8, 4) is 0 Å². The number of nitrogens with zero attached hydrogens (tertiary/aromatic N) is 1. The average molecular weight is 391 g/mol. The predicted molar refractivity (Wildman–Crippen MR) is 112 cm³/mol. The standard InChI is InChI=1S/C23H25N3O3/c1-14-8-9-16(12-15(14)2)24-23(29)25-17-10-11-19-20(13-17)22(28)26(21(19)27)18-6-4-3-5-7-18/h8-13,18H,3-7H2,1-2H3,(H2,24,25,29). The van der Waals surface area contributed by atoms with Crippen molar-refractivity contribution in [2.45, 2.75) is 52.0 Å². The number of fused-ring (bicyclic) bond motifs is 1. The van der Waals surface area contributed by atoms with Crippen LogP contribution in [0.1, 0.15) is 63.9 Å². The van der Waals surface area contributed by atoms with Crippen molar-refractivity contribution in [1.82, 2.24) is 4.90 Å². The number of anilines is 2. The first-order valence-corrected chi connectivity index (χ1v) is 10.1. The van der Waals surface area contributed by atoms with Crippen molar-refractivity contribution >= 4 is 29.2 Å². The van der Waals surface area contributed by atoms with Crippen molar-refractivity contribution in [3.05, 3.63) is 58.7 Å². The first kappa shape index (κ1) is 19.2. The van der Waals surface area contributed by atoms with Gasteiger partial charge < -0.3 is 10.6 Å². The highest BCUT2D eigenvalue weighted by atomic mass is 16.2. The van der Waals surface area contributed by atoms with Crippen LogP contribution >= 0.6 is 0 Å². The van der Waals surface area contributed by atoms with E-state index in [1.54, 1.807) is 18.2 Å². The van der Waals surface area contributed by atoms with Gasteiger partial charge in [0.2, 0.25) is 0 Å². The molecule has 2 N–H and O–H groups in total. The topological polar surface area (TPSA) is 78.5 Å². The molecule has 1 aliphatic heterocycles. The Bertz CT molecular complexity index is 993. The Morgan fingerprint density at radius 1 is 0.828 bits per heavy atom. The molecule has 1 heterocycles. The number of rotatable bonds is 3. The number of hydrogen-bond acceptors (Lipinski definition) is 3. The van der Waals surface area contributed by atoms with Gasteiger partial charge in [0.05, 0.1) is 11.1 Å². The zero-order valence-electron chi connectivity index (χ0n) is 16.7. The van der Waals surface area contributed by atoms with Gasteiger partial charge >= 0.3 is 6.03 Å². The van der Waals surface area contributed by atoms with Crippen LogP contribution in [0.4, 0.5) is 16.2 Å². The maximum Gasteiger partial charge on any atom is 0.323 e. The van der Waals surface area contributed by atoms with Crippen LogP contribution in [0.5, 0.6) is 0 Å². The molecule has 4 amide bonds. The molecule has 0 spiro atoms. The van der Waals surface area contributed by atoms with Crippen LogP contribution < -0.4 is 10.6 Å². The molecular formula is C23H25N3O3. The van der Waals surface area contributed by atoms with E-state index < -0.39 is 6.03 Å². The van der Waals surface area contributed by atoms with Crippen LogP contribution in [0.25, 0.3) is 0 Å². The minimum atomic E-state index is -0.394. The second-order valence-corrected chi connectivity index (χ2v) is 7.91. The average Bonchev–Trinajstić information content (AvgIpc) is 2.95. The second kappa shape index (κ2) is 7.70. The molecule has 0 radical (unpaired) electrons. The van der Waals surface area contributed by atoms with Gasteiger partial charge in [-0.05, 0) is 68.1 Å². The molecule has 29 heavy (non-hydrogen) atoms. The van der Waals surface area contributed by atoms with E-state index in [9.17, 15) is 14.4 Å². The number of carbonyl (C=O) groups excluding carboxylic acids is 3. The van der Waals surface area contributed by atoms with Gasteiger partial charge in [0, 0.05) is 17.4 Å². The van der Waals surface area contributed by atoms with Crippen molar-refractivity contribution in [1.29, 1.82) is 0 Å². The molecule has 0 atom stereocenters. The molecule has 0 bridgehead atoms. The highest BCUT2D eigenvalue weighted by Crippen LogP contribution is 2.32. The lowest BCUT2D eigenvalue weighted by atomic mass is 9.94. The number of hydrogen-bond donors (Lipinski definition) is 2. The van der Waals surface area contributed by atoms with Gasteiger partial charge in [-0.2, -0.15) is 0 Å². The Labute approximate surface area is 170 Å². The number of aryl methyl sites for hydroxylation is 2. The van der Waals surface area contributed by atoms with E-state index in [-0.39, 0.29) is 17.9 Å². The van der Waals surface area contributed by atoms with Crippen LogP contribution in [0.3, 0.4) is 0 Å². The molecule has 6 nitrogen and oxygen atoms in total. The first-order chi connectivity index (χ1) is 13.9. The SMILES string of the molecule is Cc1ccc(NC(=O)Nc2ccc3c(c2)C(=O)N(C2CCCCC2)C3=O)cc1C. The quantitative estimate of drug-likeness (QED) is 0.732. The third-order valence-corrected chi connectivity index (χ3v) is 5.88. The van der Waals surface area contributed by atoms with E-state index in [2.05, 4.69) is 10.6 Å². The summed E-state index contributed by atoms with van der Waals surface area (Å²) in [5.74, 6) is -0.474. The first-order valence-electron chi connectivity index (χ1n) is 10.1. The highest BCUT2D eigenvalue weighted by Gasteiger charge is 2.40. The maximum absolute atomic E-state index is 12.9. The van der Waals surface area contributed by atoms with Crippen molar-refractivity contribution in [2.75, 3.05) is 10.6 Å². The minimum absolute atomic E-state index is 0.0133. The Morgan fingerprint density at radius 3 is 2.14 bits per heavy atom. The molecular weight excluding hydrogens is 366 g/mol. The van der Waals surface area contributed by atoms with Crippen molar-refractivity contribution in [3.63, 3.8) is 0 Å². The van der Waals surface area contributed by atoms with E-state index in [1.807, 2.05) is 32.0 Å². The molecule has 0 saturated heterocycles. The number of benzene rings is 2. The fourth-order valence-electron chi connectivity index (χ4n) is 4.12. The van der Waals surface area contributed by atoms with E-state index in [4.69, 9.17) is 0 Å². The van der Waals surface area contributed by atoms with E-state index >= 15 is 0 Å². The van der Waals surface area contributed by atoms with Gasteiger partial charge in [0.1, 0.15) is 0 Å².